The van der Waals surface area contributed by atoms with Crippen molar-refractivity contribution in [3.05, 3.63) is 42.7 Å². The Hall–Kier alpha value is -2.56. The van der Waals surface area contributed by atoms with Crippen LogP contribution in [-0.2, 0) is 0 Å². The van der Waals surface area contributed by atoms with Gasteiger partial charge in [-0.05, 0) is 12.8 Å². The first-order valence-electron chi connectivity index (χ1n) is 8.09. The van der Waals surface area contributed by atoms with Gasteiger partial charge in [0.2, 0.25) is 5.88 Å². The molecule has 0 aliphatic heterocycles. The van der Waals surface area contributed by atoms with Gasteiger partial charge >= 0.3 is 0 Å². The van der Waals surface area contributed by atoms with Crippen molar-refractivity contribution >= 4 is 11.5 Å². The first kappa shape index (κ1) is 14.1. The highest BCUT2D eigenvalue weighted by Crippen LogP contribution is 2.32. The molecule has 1 saturated carbocycles. The molecule has 2 heterocycles. The molecule has 3 aromatic rings. The summed E-state index contributed by atoms with van der Waals surface area (Å²) in [4.78, 5) is 9.14. The van der Waals surface area contributed by atoms with Crippen molar-refractivity contribution in [2.45, 2.75) is 31.7 Å². The molecule has 1 fully saturated rings. The number of nitrogens with one attached hydrogen (secondary N) is 1. The average Bonchev–Trinajstić information content (AvgIpc) is 3.24. The van der Waals surface area contributed by atoms with E-state index >= 15 is 0 Å². The zero-order valence-corrected chi connectivity index (χ0v) is 13.2. The van der Waals surface area contributed by atoms with Gasteiger partial charge in [-0.25, -0.2) is 9.97 Å². The van der Waals surface area contributed by atoms with Crippen LogP contribution in [-0.4, -0.2) is 27.5 Å². The van der Waals surface area contributed by atoms with Gasteiger partial charge in [0.15, 0.2) is 0 Å². The highest BCUT2D eigenvalue weighted by Gasteiger charge is 2.20. The Balaban J connectivity index is 1.84. The average molecular weight is 308 g/mol. The summed E-state index contributed by atoms with van der Waals surface area (Å²) >= 11 is 0. The minimum Gasteiger partial charge on any atom is -0.481 e. The van der Waals surface area contributed by atoms with Gasteiger partial charge in [0.25, 0.3) is 0 Å². The molecule has 1 aromatic carbocycles. The van der Waals surface area contributed by atoms with Crippen LogP contribution in [0.15, 0.2) is 42.7 Å². The molecule has 2 aromatic heterocycles. The number of hydrogen-bond acceptors (Lipinski definition) is 4. The van der Waals surface area contributed by atoms with Crippen molar-refractivity contribution < 1.29 is 4.74 Å². The summed E-state index contributed by atoms with van der Waals surface area (Å²) in [6.07, 6.45) is 6.79. The van der Waals surface area contributed by atoms with Crippen LogP contribution in [0.25, 0.3) is 16.9 Å². The number of anilines is 1. The Morgan fingerprint density at radius 2 is 1.96 bits per heavy atom. The summed E-state index contributed by atoms with van der Waals surface area (Å²) in [6, 6.07) is 12.7. The Morgan fingerprint density at radius 3 is 2.70 bits per heavy atom. The van der Waals surface area contributed by atoms with Crippen LogP contribution >= 0.6 is 0 Å². The zero-order chi connectivity index (χ0) is 15.6. The van der Waals surface area contributed by atoms with Gasteiger partial charge in [-0.1, -0.05) is 43.2 Å². The topological polar surface area (TPSA) is 51.5 Å². The molecule has 23 heavy (non-hydrogen) atoms. The van der Waals surface area contributed by atoms with Crippen molar-refractivity contribution in [1.29, 1.82) is 0 Å². The number of methoxy groups -OCH3 is 1. The van der Waals surface area contributed by atoms with E-state index < -0.39 is 0 Å². The maximum atomic E-state index is 5.23. The van der Waals surface area contributed by atoms with Gasteiger partial charge in [0.1, 0.15) is 23.5 Å². The Bertz CT molecular complexity index is 807. The van der Waals surface area contributed by atoms with Crippen LogP contribution in [0, 0.1) is 0 Å². The number of fused-ring (bicyclic) bond motifs is 1. The first-order valence-corrected chi connectivity index (χ1v) is 8.09. The van der Waals surface area contributed by atoms with E-state index in [1.54, 1.807) is 13.4 Å². The van der Waals surface area contributed by atoms with Crippen molar-refractivity contribution in [2.75, 3.05) is 12.4 Å². The number of nitrogens with zero attached hydrogens (tertiary/aromatic N) is 3. The number of aromatic nitrogens is 3. The zero-order valence-electron chi connectivity index (χ0n) is 13.2. The Labute approximate surface area is 135 Å². The molecule has 0 bridgehead atoms. The quantitative estimate of drug-likeness (QED) is 0.797. The van der Waals surface area contributed by atoms with E-state index in [0.717, 1.165) is 22.7 Å². The molecule has 5 nitrogen and oxygen atoms in total. The van der Waals surface area contributed by atoms with Gasteiger partial charge in [-0.2, -0.15) is 0 Å². The second kappa shape index (κ2) is 5.91. The largest absolute Gasteiger partial charge is 0.481 e. The number of ether oxygens (including phenoxy) is 1. The van der Waals surface area contributed by atoms with Crippen LogP contribution in [0.2, 0.25) is 0 Å². The third kappa shape index (κ3) is 2.63. The fourth-order valence-electron chi connectivity index (χ4n) is 3.24. The maximum Gasteiger partial charge on any atom is 0.218 e. The molecule has 1 aliphatic rings. The second-order valence-electron chi connectivity index (χ2n) is 5.96. The summed E-state index contributed by atoms with van der Waals surface area (Å²) in [5, 5.41) is 3.69. The lowest BCUT2D eigenvalue weighted by atomic mass is 10.1. The second-order valence-corrected chi connectivity index (χ2v) is 5.96. The third-order valence-corrected chi connectivity index (χ3v) is 4.44. The predicted octanol–water partition coefficient (Wildman–Crippen LogP) is 3.76. The number of hydrogen-bond donors (Lipinski definition) is 1. The van der Waals surface area contributed by atoms with Crippen LogP contribution < -0.4 is 10.1 Å². The molecule has 118 valence electrons. The highest BCUT2D eigenvalue weighted by molar-refractivity contribution is 5.76. The van der Waals surface area contributed by atoms with Crippen molar-refractivity contribution in [3.8, 4) is 17.1 Å². The fraction of sp³-hybridized carbons (Fsp3) is 0.333. The first-order chi connectivity index (χ1) is 11.3. The number of rotatable bonds is 4. The predicted molar refractivity (Wildman–Crippen MR) is 90.9 cm³/mol. The Morgan fingerprint density at radius 1 is 1.17 bits per heavy atom. The van der Waals surface area contributed by atoms with Crippen molar-refractivity contribution in [2.24, 2.45) is 0 Å². The van der Waals surface area contributed by atoms with Gasteiger partial charge in [-0.15, -0.1) is 0 Å². The van der Waals surface area contributed by atoms with Gasteiger partial charge in [0, 0.05) is 17.7 Å². The van der Waals surface area contributed by atoms with E-state index in [4.69, 9.17) is 9.72 Å². The summed E-state index contributed by atoms with van der Waals surface area (Å²) in [5.74, 6) is 1.60. The molecule has 0 spiro atoms. The smallest absolute Gasteiger partial charge is 0.218 e. The van der Waals surface area contributed by atoms with Gasteiger partial charge < -0.3 is 10.1 Å². The SMILES string of the molecule is COc1cc2nc(-c3ccccc3)c(NC3CCCC3)n2cn1. The van der Waals surface area contributed by atoms with E-state index in [-0.39, 0.29) is 0 Å². The highest BCUT2D eigenvalue weighted by atomic mass is 16.5. The molecular formula is C18H20N4O. The molecule has 1 aliphatic carbocycles. The Kier molecular flexibility index (Phi) is 3.61. The number of imidazole rings is 1. The normalized spacial score (nSPS) is 15.2. The number of benzene rings is 1. The molecule has 5 heteroatoms. The monoisotopic (exact) mass is 308 g/mol. The van der Waals surface area contributed by atoms with E-state index in [1.807, 2.05) is 28.7 Å². The van der Waals surface area contributed by atoms with E-state index in [9.17, 15) is 0 Å². The molecule has 0 amide bonds. The van der Waals surface area contributed by atoms with Crippen LogP contribution in [0.1, 0.15) is 25.7 Å². The van der Waals surface area contributed by atoms with E-state index in [2.05, 4.69) is 22.4 Å². The summed E-state index contributed by atoms with van der Waals surface area (Å²) in [7, 11) is 1.62. The van der Waals surface area contributed by atoms with Crippen molar-refractivity contribution in [3.63, 3.8) is 0 Å². The molecular weight excluding hydrogens is 288 g/mol. The van der Waals surface area contributed by atoms with Crippen molar-refractivity contribution in [1.82, 2.24) is 14.4 Å². The standard InChI is InChI=1S/C18H20N4O/c1-23-16-11-15-21-17(13-7-3-2-4-8-13)18(22(15)12-19-16)20-14-9-5-6-10-14/h2-4,7-8,11-12,14,20H,5-6,9-10H2,1H3. The van der Waals surface area contributed by atoms with E-state index in [1.165, 1.54) is 25.7 Å². The minimum absolute atomic E-state index is 0.513. The summed E-state index contributed by atoms with van der Waals surface area (Å²) in [5.41, 5.74) is 2.92. The van der Waals surface area contributed by atoms with Crippen LogP contribution in [0.3, 0.4) is 0 Å². The molecule has 4 rings (SSSR count). The maximum absolute atomic E-state index is 5.23. The van der Waals surface area contributed by atoms with E-state index in [0.29, 0.717) is 11.9 Å². The summed E-state index contributed by atoms with van der Waals surface area (Å²) in [6.45, 7) is 0. The van der Waals surface area contributed by atoms with Crippen LogP contribution in [0.5, 0.6) is 5.88 Å². The molecule has 0 atom stereocenters. The van der Waals surface area contributed by atoms with Gasteiger partial charge in [-0.3, -0.25) is 4.40 Å². The molecule has 0 unspecified atom stereocenters. The lowest BCUT2D eigenvalue weighted by molar-refractivity contribution is 0.397. The third-order valence-electron chi connectivity index (χ3n) is 4.44. The molecule has 0 radical (unpaired) electrons. The summed E-state index contributed by atoms with van der Waals surface area (Å²) < 4.78 is 7.24. The lowest BCUT2D eigenvalue weighted by Gasteiger charge is -2.14. The molecule has 0 saturated heterocycles. The van der Waals surface area contributed by atoms with Crippen LogP contribution in [0.4, 0.5) is 5.82 Å². The fourth-order valence-corrected chi connectivity index (χ4v) is 3.24. The lowest BCUT2D eigenvalue weighted by Crippen LogP contribution is -2.16. The minimum atomic E-state index is 0.513. The molecule has 1 N–H and O–H groups in total. The van der Waals surface area contributed by atoms with Gasteiger partial charge in [0.05, 0.1) is 7.11 Å².